The zero-order valence-corrected chi connectivity index (χ0v) is 4.17. The van der Waals surface area contributed by atoms with Crippen LogP contribution in [0.2, 0.25) is 0 Å². The molecule has 0 fully saturated rings. The van der Waals surface area contributed by atoms with Gasteiger partial charge in [0.1, 0.15) is 0 Å². The molecule has 0 radical (unpaired) electrons. The number of rotatable bonds is 0. The fourth-order valence-corrected chi connectivity index (χ4v) is 0. The third-order valence-electron chi connectivity index (χ3n) is 0. The van der Waals surface area contributed by atoms with Crippen molar-refractivity contribution in [3.05, 3.63) is 0 Å². The van der Waals surface area contributed by atoms with E-state index in [-0.39, 0.29) is 5.48 Å². The monoisotopic (exact) mass is 144 g/mol. The van der Waals surface area contributed by atoms with Gasteiger partial charge in [-0.25, -0.2) is 0 Å². The molecule has 0 aliphatic heterocycles. The Morgan fingerprint density at radius 1 is 1.00 bits per heavy atom. The van der Waals surface area contributed by atoms with Gasteiger partial charge in [0.2, 0.25) is 0 Å². The van der Waals surface area contributed by atoms with Crippen LogP contribution in [0.1, 0.15) is 0 Å². The van der Waals surface area contributed by atoms with E-state index in [9.17, 15) is 0 Å². The van der Waals surface area contributed by atoms with Gasteiger partial charge in [0.25, 0.3) is 0 Å². The van der Waals surface area contributed by atoms with E-state index in [2.05, 4.69) is 0 Å². The van der Waals surface area contributed by atoms with Crippen LogP contribution in [0.3, 0.4) is 0 Å². The van der Waals surface area contributed by atoms with Crippen LogP contribution in [-0.2, 0) is 0 Å². The molecule has 0 saturated heterocycles. The van der Waals surface area contributed by atoms with E-state index in [1.54, 1.807) is 0 Å². The van der Waals surface area contributed by atoms with Crippen molar-refractivity contribution in [1.29, 1.82) is 0 Å². The van der Waals surface area contributed by atoms with Crippen molar-refractivity contribution in [3.8, 4) is 0 Å². The predicted octanol–water partition coefficient (Wildman–Crippen LogP) is -2.88. The fourth-order valence-electron chi connectivity index (χ4n) is 0. The molecule has 0 unspecified atom stereocenters. The van der Waals surface area contributed by atoms with Gasteiger partial charge < -0.3 is 5.48 Å². The Balaban J connectivity index is 0. The van der Waals surface area contributed by atoms with Gasteiger partial charge in [-0.1, -0.05) is 0 Å². The molecule has 0 amide bonds. The van der Waals surface area contributed by atoms with E-state index in [4.69, 9.17) is 12.3 Å². The Kier molecular flexibility index (Phi) is 7.95. The fraction of sp³-hybridized carbons (Fsp3) is 0. The molecule has 0 aliphatic carbocycles. The van der Waals surface area contributed by atoms with Crippen molar-refractivity contribution >= 4 is 15.7 Å². The Morgan fingerprint density at radius 3 is 1.00 bits per heavy atom. The van der Waals surface area contributed by atoms with Crippen molar-refractivity contribution < 1.29 is 17.8 Å². The minimum atomic E-state index is -3.19. The molecule has 34 valence electrons. The molecule has 4 nitrogen and oxygen atoms in total. The van der Waals surface area contributed by atoms with E-state index < -0.39 is 15.7 Å². The van der Waals surface area contributed by atoms with Crippen LogP contribution in [0.15, 0.2) is 0 Å². The summed E-state index contributed by atoms with van der Waals surface area (Å²) in [6, 6.07) is 0. The molecule has 0 heterocycles. The number of hydrogen-bond donors (Lipinski definition) is 3. The average molecular weight is 144 g/mol. The van der Waals surface area contributed by atoms with E-state index >= 15 is 0 Å². The number of hydrogen-bond acceptors (Lipinski definition) is 3. The van der Waals surface area contributed by atoms with Gasteiger partial charge in [-0.2, -0.15) is 0 Å². The quantitative estimate of drug-likeness (QED) is 0.319. The van der Waals surface area contributed by atoms with Crippen LogP contribution in [0.4, 0.5) is 0 Å². The average Bonchev–Trinajstić information content (AvgIpc) is 0.811. The Morgan fingerprint density at radius 2 is 1.00 bits per heavy atom. The third-order valence-corrected chi connectivity index (χ3v) is 0. The van der Waals surface area contributed by atoms with Crippen LogP contribution >= 0.6 is 0 Å². The molecule has 0 spiro atoms. The molecule has 0 bridgehead atoms. The summed E-state index contributed by atoms with van der Waals surface area (Å²) in [7, 11) is 0. The van der Waals surface area contributed by atoms with Gasteiger partial charge in [0.15, 0.2) is 0 Å². The molecule has 0 aromatic rings. The van der Waals surface area contributed by atoms with Crippen LogP contribution in [0.5, 0.6) is 0 Å². The summed E-state index contributed by atoms with van der Waals surface area (Å²) in [6.07, 6.45) is 0. The molecule has 0 atom stereocenters. The normalized spacial score (nSPS) is 7.20. The van der Waals surface area contributed by atoms with Crippen LogP contribution in [-0.4, -0.2) is 33.4 Å². The first-order valence-corrected chi connectivity index (χ1v) is 3.12. The predicted molar refractivity (Wildman–Crippen MR) is 16.0 cm³/mol. The molecule has 5 heavy (non-hydrogen) atoms. The van der Waals surface area contributed by atoms with Gasteiger partial charge >= 0.3 is 28.0 Å². The second-order valence-corrected chi connectivity index (χ2v) is 1.39. The molecule has 0 aromatic carbocycles. The van der Waals surface area contributed by atoms with Crippen molar-refractivity contribution in [2.45, 2.75) is 0 Å². The second kappa shape index (κ2) is 4.40. The SMILES string of the molecule is O.O[As](O)O. The van der Waals surface area contributed by atoms with E-state index in [0.29, 0.717) is 0 Å². The van der Waals surface area contributed by atoms with Crippen LogP contribution in [0.25, 0.3) is 0 Å². The summed E-state index contributed by atoms with van der Waals surface area (Å²) in [5, 5.41) is 0. The maximum absolute atomic E-state index is 7.31. The van der Waals surface area contributed by atoms with Gasteiger partial charge in [-0.15, -0.1) is 0 Å². The zero-order valence-electron chi connectivity index (χ0n) is 2.29. The third kappa shape index (κ3) is 159. The Labute approximate surface area is 34.3 Å². The Hall–Kier alpha value is 0.398. The zero-order chi connectivity index (χ0) is 3.58. The summed E-state index contributed by atoms with van der Waals surface area (Å²) < 4.78 is 21.9. The van der Waals surface area contributed by atoms with Crippen molar-refractivity contribution in [2.75, 3.05) is 0 Å². The van der Waals surface area contributed by atoms with E-state index in [0.717, 1.165) is 0 Å². The van der Waals surface area contributed by atoms with Crippen molar-refractivity contribution in [3.63, 3.8) is 0 Å². The van der Waals surface area contributed by atoms with Gasteiger partial charge in [-0.05, 0) is 0 Å². The molecule has 5 heteroatoms. The molecule has 0 saturated carbocycles. The molecule has 0 rings (SSSR count). The summed E-state index contributed by atoms with van der Waals surface area (Å²) in [5.74, 6) is 0. The first kappa shape index (κ1) is 9.04. The maximum atomic E-state index is 7.31. The second-order valence-electron chi connectivity index (χ2n) is 0.268. The van der Waals surface area contributed by atoms with Crippen molar-refractivity contribution in [1.82, 2.24) is 0 Å². The topological polar surface area (TPSA) is 92.2 Å². The summed E-state index contributed by atoms with van der Waals surface area (Å²) >= 11 is -3.19. The first-order chi connectivity index (χ1) is 1.73. The van der Waals surface area contributed by atoms with Crippen LogP contribution in [0, 0.1) is 0 Å². The summed E-state index contributed by atoms with van der Waals surface area (Å²) in [4.78, 5) is 0. The van der Waals surface area contributed by atoms with Gasteiger partial charge in [0.05, 0.1) is 0 Å². The molecular formula is H5AsO4. The first-order valence-electron chi connectivity index (χ1n) is 0.600. The molecular weight excluding hydrogens is 139 g/mol. The molecule has 0 aliphatic rings. The van der Waals surface area contributed by atoms with E-state index in [1.807, 2.05) is 0 Å². The standard InChI is InChI=1S/AsH3O3.H2O/c2-1(3)4;/h2-4H;1H2. The Bertz CT molecular complexity index is 8.36. The van der Waals surface area contributed by atoms with Gasteiger partial charge in [-0.3, -0.25) is 0 Å². The van der Waals surface area contributed by atoms with Crippen LogP contribution < -0.4 is 0 Å². The minimum absolute atomic E-state index is 0. The van der Waals surface area contributed by atoms with E-state index in [1.165, 1.54) is 0 Å². The summed E-state index contributed by atoms with van der Waals surface area (Å²) in [6.45, 7) is 0. The van der Waals surface area contributed by atoms with Gasteiger partial charge in [0, 0.05) is 0 Å². The summed E-state index contributed by atoms with van der Waals surface area (Å²) in [5.41, 5.74) is 0. The van der Waals surface area contributed by atoms with Crippen molar-refractivity contribution in [2.24, 2.45) is 0 Å². The molecule has 0 aromatic heterocycles. The molecule has 5 N–H and O–H groups in total.